The van der Waals surface area contributed by atoms with E-state index in [1.165, 1.54) is 5.56 Å². The smallest absolute Gasteiger partial charge is 0.219 e. The van der Waals surface area contributed by atoms with E-state index in [4.69, 9.17) is 5.73 Å². The molecule has 3 N–H and O–H groups in total. The van der Waals surface area contributed by atoms with Crippen molar-refractivity contribution < 1.29 is 4.79 Å². The number of benzene rings is 1. The van der Waals surface area contributed by atoms with Crippen LogP contribution in [0.5, 0.6) is 0 Å². The molecule has 0 atom stereocenters. The molecule has 0 heterocycles. The predicted octanol–water partition coefficient (Wildman–Crippen LogP) is 2.04. The number of aryl methyl sites for hydroxylation is 1. The van der Waals surface area contributed by atoms with Gasteiger partial charge in [-0.25, -0.2) is 0 Å². The highest BCUT2D eigenvalue weighted by Crippen LogP contribution is 2.22. The van der Waals surface area contributed by atoms with Gasteiger partial charge in [-0.3, -0.25) is 4.79 Å². The highest BCUT2D eigenvalue weighted by molar-refractivity contribution is 9.10. The maximum Gasteiger partial charge on any atom is 0.219 e. The molecular weight excluding hydrogens is 244 g/mol. The lowest BCUT2D eigenvalue weighted by Crippen LogP contribution is -2.15. The second kappa shape index (κ2) is 5.00. The van der Waals surface area contributed by atoms with Crippen molar-refractivity contribution in [3.8, 4) is 0 Å². The maximum atomic E-state index is 10.5. The molecule has 1 rings (SSSR count). The first-order valence-electron chi connectivity index (χ1n) is 4.38. The maximum absolute atomic E-state index is 10.5. The number of nitrogens with two attached hydrogens (primary N) is 1. The molecule has 0 spiro atoms. The van der Waals surface area contributed by atoms with Gasteiger partial charge in [0.25, 0.3) is 0 Å². The Morgan fingerprint density at radius 2 is 2.29 bits per heavy atom. The van der Waals surface area contributed by atoms with Gasteiger partial charge in [-0.15, -0.1) is 0 Å². The normalized spacial score (nSPS) is 9.86. The zero-order chi connectivity index (χ0) is 10.6. The molecule has 0 aliphatic heterocycles. The van der Waals surface area contributed by atoms with Crippen molar-refractivity contribution in [2.24, 2.45) is 5.73 Å². The zero-order valence-corrected chi connectivity index (χ0v) is 9.60. The predicted molar refractivity (Wildman–Crippen MR) is 61.2 cm³/mol. The van der Waals surface area contributed by atoms with Crippen molar-refractivity contribution in [2.45, 2.75) is 13.3 Å². The fourth-order valence-corrected chi connectivity index (χ4v) is 1.48. The van der Waals surface area contributed by atoms with Crippen molar-refractivity contribution in [1.29, 1.82) is 0 Å². The van der Waals surface area contributed by atoms with Crippen LogP contribution in [-0.4, -0.2) is 12.5 Å². The Hall–Kier alpha value is -1.03. The average Bonchev–Trinajstić information content (AvgIpc) is 2.10. The third kappa shape index (κ3) is 3.38. The summed E-state index contributed by atoms with van der Waals surface area (Å²) in [7, 11) is 0. The van der Waals surface area contributed by atoms with E-state index in [0.29, 0.717) is 13.0 Å². The summed E-state index contributed by atoms with van der Waals surface area (Å²) in [4.78, 5) is 10.5. The first-order valence-corrected chi connectivity index (χ1v) is 5.17. The number of carbonyl (C=O) groups excluding carboxylic acids is 1. The molecule has 14 heavy (non-hydrogen) atoms. The summed E-state index contributed by atoms with van der Waals surface area (Å²) in [6, 6.07) is 6.01. The van der Waals surface area contributed by atoms with Gasteiger partial charge in [0.1, 0.15) is 0 Å². The van der Waals surface area contributed by atoms with Gasteiger partial charge in [-0.05, 0) is 40.5 Å². The Kier molecular flexibility index (Phi) is 3.95. The molecule has 0 aliphatic carbocycles. The minimum Gasteiger partial charge on any atom is -0.384 e. The fourth-order valence-electron chi connectivity index (χ4n) is 1.09. The summed E-state index contributed by atoms with van der Waals surface area (Å²) in [6.07, 6.45) is 0.348. The molecule has 0 aromatic heterocycles. The number of rotatable bonds is 4. The van der Waals surface area contributed by atoms with Crippen LogP contribution in [0.4, 0.5) is 5.69 Å². The second-order valence-electron chi connectivity index (χ2n) is 3.13. The second-order valence-corrected chi connectivity index (χ2v) is 3.98. The number of anilines is 1. The summed E-state index contributed by atoms with van der Waals surface area (Å²) in [5.41, 5.74) is 7.20. The van der Waals surface area contributed by atoms with E-state index in [2.05, 4.69) is 21.2 Å². The first-order chi connectivity index (χ1) is 6.59. The van der Waals surface area contributed by atoms with E-state index < -0.39 is 0 Å². The molecule has 0 aliphatic rings. The molecule has 3 nitrogen and oxygen atoms in total. The van der Waals surface area contributed by atoms with Gasteiger partial charge in [-0.1, -0.05) is 6.07 Å². The topological polar surface area (TPSA) is 55.1 Å². The first kappa shape index (κ1) is 11.0. The largest absolute Gasteiger partial charge is 0.384 e. The van der Waals surface area contributed by atoms with E-state index in [0.717, 1.165) is 10.2 Å². The summed E-state index contributed by atoms with van der Waals surface area (Å²) in [6.45, 7) is 2.59. The molecule has 76 valence electrons. The van der Waals surface area contributed by atoms with Gasteiger partial charge in [0.2, 0.25) is 5.91 Å². The van der Waals surface area contributed by atoms with Crippen molar-refractivity contribution >= 4 is 27.5 Å². The number of primary amides is 1. The van der Waals surface area contributed by atoms with Gasteiger partial charge in [0.15, 0.2) is 0 Å². The minimum atomic E-state index is -0.290. The lowest BCUT2D eigenvalue weighted by atomic mass is 10.2. The van der Waals surface area contributed by atoms with Crippen LogP contribution in [0.15, 0.2) is 22.7 Å². The van der Waals surface area contributed by atoms with Crippen LogP contribution in [0.3, 0.4) is 0 Å². The van der Waals surface area contributed by atoms with Gasteiger partial charge < -0.3 is 11.1 Å². The van der Waals surface area contributed by atoms with Gasteiger partial charge >= 0.3 is 0 Å². The summed E-state index contributed by atoms with van der Waals surface area (Å²) >= 11 is 3.42. The fraction of sp³-hybridized carbons (Fsp3) is 0.300. The standard InChI is InChI=1S/C10H13BrN2O/c1-7-2-3-8(11)9(6-7)13-5-4-10(12)14/h2-3,6,13H,4-5H2,1H3,(H2,12,14). The van der Waals surface area contributed by atoms with Crippen LogP contribution in [-0.2, 0) is 4.79 Å². The zero-order valence-electron chi connectivity index (χ0n) is 8.01. The number of halogens is 1. The third-order valence-corrected chi connectivity index (χ3v) is 2.50. The summed E-state index contributed by atoms with van der Waals surface area (Å²) in [5, 5.41) is 3.14. The average molecular weight is 257 g/mol. The molecule has 1 aromatic carbocycles. The monoisotopic (exact) mass is 256 g/mol. The van der Waals surface area contributed by atoms with Gasteiger partial charge in [0, 0.05) is 23.1 Å². The number of hydrogen-bond donors (Lipinski definition) is 2. The van der Waals surface area contributed by atoms with Crippen molar-refractivity contribution in [3.63, 3.8) is 0 Å². The lowest BCUT2D eigenvalue weighted by Gasteiger charge is -2.08. The number of nitrogens with one attached hydrogen (secondary N) is 1. The molecule has 0 fully saturated rings. The van der Waals surface area contributed by atoms with Crippen LogP contribution in [0.1, 0.15) is 12.0 Å². The van der Waals surface area contributed by atoms with Gasteiger partial charge in [0.05, 0.1) is 0 Å². The Morgan fingerprint density at radius 3 is 2.93 bits per heavy atom. The number of carbonyl (C=O) groups is 1. The van der Waals surface area contributed by atoms with Crippen molar-refractivity contribution in [1.82, 2.24) is 0 Å². The van der Waals surface area contributed by atoms with E-state index in [1.807, 2.05) is 25.1 Å². The van der Waals surface area contributed by atoms with Crippen LogP contribution in [0.2, 0.25) is 0 Å². The highest BCUT2D eigenvalue weighted by atomic mass is 79.9. The lowest BCUT2D eigenvalue weighted by molar-refractivity contribution is -0.117. The summed E-state index contributed by atoms with van der Waals surface area (Å²) < 4.78 is 0.993. The molecular formula is C10H13BrN2O. The van der Waals surface area contributed by atoms with E-state index in [-0.39, 0.29) is 5.91 Å². The van der Waals surface area contributed by atoms with E-state index in [1.54, 1.807) is 0 Å². The Morgan fingerprint density at radius 1 is 1.57 bits per heavy atom. The Labute approximate surface area is 91.8 Å². The SMILES string of the molecule is Cc1ccc(Br)c(NCCC(N)=O)c1. The van der Waals surface area contributed by atoms with Crippen LogP contribution < -0.4 is 11.1 Å². The van der Waals surface area contributed by atoms with Crippen LogP contribution >= 0.6 is 15.9 Å². The third-order valence-electron chi connectivity index (χ3n) is 1.81. The summed E-state index contributed by atoms with van der Waals surface area (Å²) in [5.74, 6) is -0.290. The molecule has 0 radical (unpaired) electrons. The molecule has 0 unspecified atom stereocenters. The Balaban J connectivity index is 2.57. The molecule has 1 aromatic rings. The molecule has 0 bridgehead atoms. The quantitative estimate of drug-likeness (QED) is 0.867. The molecule has 0 saturated carbocycles. The Bertz CT molecular complexity index is 339. The van der Waals surface area contributed by atoms with E-state index in [9.17, 15) is 4.79 Å². The minimum absolute atomic E-state index is 0.290. The molecule has 4 heteroatoms. The number of amides is 1. The molecule has 0 saturated heterocycles. The molecule has 1 amide bonds. The van der Waals surface area contributed by atoms with Crippen molar-refractivity contribution in [3.05, 3.63) is 28.2 Å². The van der Waals surface area contributed by atoms with Crippen LogP contribution in [0.25, 0.3) is 0 Å². The van der Waals surface area contributed by atoms with E-state index >= 15 is 0 Å². The highest BCUT2D eigenvalue weighted by Gasteiger charge is 1.99. The van der Waals surface area contributed by atoms with Crippen molar-refractivity contribution in [2.75, 3.05) is 11.9 Å². The number of hydrogen-bond acceptors (Lipinski definition) is 2. The van der Waals surface area contributed by atoms with Gasteiger partial charge in [-0.2, -0.15) is 0 Å². The van der Waals surface area contributed by atoms with Crippen LogP contribution in [0, 0.1) is 6.92 Å².